The lowest BCUT2D eigenvalue weighted by Crippen LogP contribution is -2.40. The van der Waals surface area contributed by atoms with Crippen molar-refractivity contribution in [3.8, 4) is 17.2 Å². The summed E-state index contributed by atoms with van der Waals surface area (Å²) in [7, 11) is -5.84. The molecule has 6 aromatic rings. The van der Waals surface area contributed by atoms with E-state index in [0.29, 0.717) is 48.9 Å². The second-order valence-electron chi connectivity index (χ2n) is 15.2. The topological polar surface area (TPSA) is 288 Å². The van der Waals surface area contributed by atoms with E-state index in [-0.39, 0.29) is 18.1 Å². The number of aryl methyl sites for hydroxylation is 2. The molecule has 0 spiro atoms. The van der Waals surface area contributed by atoms with Gasteiger partial charge in [0.2, 0.25) is 0 Å². The number of fused-ring (bicyclic) bond motifs is 1. The van der Waals surface area contributed by atoms with Crippen molar-refractivity contribution in [2.75, 3.05) is 43.4 Å². The third kappa shape index (κ3) is 18.2. The van der Waals surface area contributed by atoms with Crippen LogP contribution >= 0.6 is 7.60 Å². The number of methoxy groups -OCH3 is 1. The number of aromatic nitrogens is 6. The Kier molecular flexibility index (Phi) is 21.6. The number of halogens is 5. The van der Waals surface area contributed by atoms with Gasteiger partial charge in [-0.15, -0.1) is 5.10 Å². The molecule has 21 nitrogen and oxygen atoms in total. The molecule has 0 bridgehead atoms. The summed E-state index contributed by atoms with van der Waals surface area (Å²) in [5.74, 6) is -2.87. The Morgan fingerprint density at radius 2 is 1.60 bits per heavy atom. The zero-order valence-corrected chi connectivity index (χ0v) is 42.2. The van der Waals surface area contributed by atoms with Crippen molar-refractivity contribution in [3.05, 3.63) is 134 Å². The van der Waals surface area contributed by atoms with Crippen LogP contribution in [-0.4, -0.2) is 104 Å². The molecular weight excluding hydrogens is 1030 g/mol. The molecular formula is C43H50F5N8O13PS2. The van der Waals surface area contributed by atoms with Gasteiger partial charge in [0.15, 0.2) is 6.10 Å². The number of hydrogen-bond acceptors (Lipinski definition) is 15. The van der Waals surface area contributed by atoms with E-state index in [2.05, 4.69) is 33.8 Å². The predicted octanol–water partition coefficient (Wildman–Crippen LogP) is 3.81. The Morgan fingerprint density at radius 3 is 2.14 bits per heavy atom. The number of nitrogens with zero attached hydrogens (tertiary/aromatic N) is 6. The van der Waals surface area contributed by atoms with Gasteiger partial charge in [0.05, 0.1) is 44.4 Å². The molecule has 2 atom stereocenters. The van der Waals surface area contributed by atoms with Crippen LogP contribution in [0.25, 0.3) is 11.5 Å². The summed E-state index contributed by atoms with van der Waals surface area (Å²) >= 11 is 0. The minimum absolute atomic E-state index is 0.0642. The van der Waals surface area contributed by atoms with Crippen molar-refractivity contribution in [2.24, 2.45) is 7.05 Å². The molecule has 0 fully saturated rings. The lowest BCUT2D eigenvalue weighted by atomic mass is 10.1. The first-order valence-electron chi connectivity index (χ1n) is 20.6. The third-order valence-electron chi connectivity index (χ3n) is 8.83. The molecule has 392 valence electrons. The molecule has 6 rings (SSSR count). The molecule has 0 aliphatic carbocycles. The number of carboxylic acids is 1. The number of esters is 1. The standard InChI is InChI=1S/C25H25F3N2O6.C12H9F2N5O2S.C3H8NO5P.C3H9S/c1-5-16-6-7-17(20(12-16)36-15(2)23(32)34-4)14-35-19-10-8-18(9-11-19)30-22(31)13-21(25(26,27)28)29(3)24(30)33;1-7-5-6-19-11(15-7)16-12(17-19)22(20,21)18-10-8(13)3-2-4-9(10)14;5-3(6)1-4-2-10(7,8)9;1-4(2)3/h6-13,15H,5,14H2,1-4H3;2-6,18H,1H3;4H,1-2H2,(H,5,6)(H2,7,8,9);1-3H3/q;;;+1/p-1. The Morgan fingerprint density at radius 1 is 0.986 bits per heavy atom. The van der Waals surface area contributed by atoms with Crippen LogP contribution in [-0.2, 0) is 66.1 Å². The fourth-order valence-electron chi connectivity index (χ4n) is 5.48. The van der Waals surface area contributed by atoms with Gasteiger partial charge in [0.1, 0.15) is 48.7 Å². The second-order valence-corrected chi connectivity index (χ2v) is 20.8. The third-order valence-corrected chi connectivity index (χ3v) is 10.6. The molecule has 3 aromatic heterocycles. The number of aliphatic carboxylic acids is 1. The fourth-order valence-corrected chi connectivity index (χ4v) is 6.83. The molecule has 0 aliphatic rings. The zero-order chi connectivity index (χ0) is 54.3. The van der Waals surface area contributed by atoms with E-state index in [1.165, 1.54) is 37.6 Å². The Labute approximate surface area is 411 Å². The van der Waals surface area contributed by atoms with Crippen LogP contribution in [0.5, 0.6) is 11.5 Å². The number of anilines is 1. The molecule has 2 unspecified atom stereocenters. The minimum Gasteiger partial charge on any atom is -0.778 e. The molecule has 0 saturated carbocycles. The van der Waals surface area contributed by atoms with E-state index < -0.39 is 94.1 Å². The van der Waals surface area contributed by atoms with Crippen molar-refractivity contribution in [1.82, 2.24) is 34.0 Å². The van der Waals surface area contributed by atoms with Gasteiger partial charge in [-0.25, -0.2) is 32.4 Å². The van der Waals surface area contributed by atoms with Gasteiger partial charge < -0.3 is 33.7 Å². The van der Waals surface area contributed by atoms with Gasteiger partial charge in [-0.2, -0.15) is 26.6 Å². The van der Waals surface area contributed by atoms with Crippen LogP contribution < -0.4 is 35.7 Å². The molecule has 4 N–H and O–H groups in total. The number of carbonyl (C=O) groups is 2. The van der Waals surface area contributed by atoms with Gasteiger partial charge in [-0.05, 0) is 85.3 Å². The monoisotopic (exact) mass is 1080 g/mol. The van der Waals surface area contributed by atoms with E-state index in [0.717, 1.165) is 41.7 Å². The molecule has 0 radical (unpaired) electrons. The van der Waals surface area contributed by atoms with E-state index in [1.807, 2.05) is 30.4 Å². The average Bonchev–Trinajstić information content (AvgIpc) is 3.72. The number of alkyl halides is 3. The van der Waals surface area contributed by atoms with Gasteiger partial charge in [0, 0.05) is 30.6 Å². The van der Waals surface area contributed by atoms with Crippen molar-refractivity contribution in [3.63, 3.8) is 0 Å². The molecule has 3 heterocycles. The minimum atomic E-state index is -4.84. The SMILES string of the molecule is CCc1ccc(COc2ccc(-n3c(=O)cc(C(F)(F)F)n(C)c3=O)cc2)c(OC(C)C(=O)OC)c1.C[S+](C)C.Cc1ccn2nc(S(=O)(=O)Nc3c(F)cccc3F)nc2n1.O=C(O)CNCP(=O)([O-])O. The van der Waals surface area contributed by atoms with Crippen molar-refractivity contribution < 1.29 is 73.6 Å². The Bertz CT molecular complexity index is 3090. The lowest BCUT2D eigenvalue weighted by molar-refractivity contribution is -0.193. The number of rotatable bonds is 15. The van der Waals surface area contributed by atoms with Gasteiger partial charge >= 0.3 is 23.8 Å². The summed E-state index contributed by atoms with van der Waals surface area (Å²) in [6, 6.07) is 16.3. The summed E-state index contributed by atoms with van der Waals surface area (Å²) in [6.45, 7) is 4.86. The Hall–Kier alpha value is -6.71. The van der Waals surface area contributed by atoms with Crippen molar-refractivity contribution >= 4 is 51.9 Å². The molecule has 0 aliphatic heterocycles. The lowest BCUT2D eigenvalue weighted by Gasteiger charge is -2.17. The summed E-state index contributed by atoms with van der Waals surface area (Å²) < 4.78 is 121. The van der Waals surface area contributed by atoms with Crippen LogP contribution in [0, 0.1) is 18.6 Å². The summed E-state index contributed by atoms with van der Waals surface area (Å²) in [5, 5.41) is 13.1. The molecule has 72 heavy (non-hydrogen) atoms. The average molecular weight is 1080 g/mol. The highest BCUT2D eigenvalue weighted by atomic mass is 32.2. The van der Waals surface area contributed by atoms with Crippen LogP contribution in [0.1, 0.15) is 36.4 Å². The smallest absolute Gasteiger partial charge is 0.431 e. The number of benzene rings is 3. The second kappa shape index (κ2) is 26.1. The summed E-state index contributed by atoms with van der Waals surface area (Å²) in [6.07, 6.45) is 2.45. The maximum Gasteiger partial charge on any atom is 0.431 e. The highest BCUT2D eigenvalue weighted by Crippen LogP contribution is 2.28. The van der Waals surface area contributed by atoms with Gasteiger partial charge in [-0.1, -0.05) is 25.1 Å². The number of para-hydroxylation sites is 1. The maximum absolute atomic E-state index is 13.5. The van der Waals surface area contributed by atoms with E-state index >= 15 is 0 Å². The first-order chi connectivity index (χ1) is 33.5. The van der Waals surface area contributed by atoms with E-state index in [9.17, 15) is 59.0 Å². The fraction of sp³-hybridized carbons (Fsp3) is 0.326. The normalized spacial score (nSPS) is 12.4. The molecule has 3 aromatic carbocycles. The number of nitrogens with one attached hydrogen (secondary N) is 2. The van der Waals surface area contributed by atoms with Crippen LogP contribution in [0.15, 0.2) is 93.7 Å². The number of ether oxygens (including phenoxy) is 3. The quantitative estimate of drug-likeness (QED) is 0.0492. The largest absolute Gasteiger partial charge is 0.778 e. The molecule has 0 saturated heterocycles. The maximum atomic E-state index is 13.5. The van der Waals surface area contributed by atoms with Crippen molar-refractivity contribution in [2.45, 2.75) is 51.2 Å². The van der Waals surface area contributed by atoms with Crippen molar-refractivity contribution in [1.29, 1.82) is 0 Å². The summed E-state index contributed by atoms with van der Waals surface area (Å²) in [4.78, 5) is 72.0. The van der Waals surface area contributed by atoms with Crippen LogP contribution in [0.3, 0.4) is 0 Å². The number of hydrogen-bond donors (Lipinski definition) is 4. The van der Waals surface area contributed by atoms with E-state index in [4.69, 9.17) is 24.2 Å². The summed E-state index contributed by atoms with van der Waals surface area (Å²) in [5.41, 5.74) is -1.97. The highest BCUT2D eigenvalue weighted by molar-refractivity contribution is 7.94. The first kappa shape index (κ1) is 59.6. The number of carboxylic acid groups (broad SMARTS) is 1. The van der Waals surface area contributed by atoms with Crippen LogP contribution in [0.2, 0.25) is 0 Å². The van der Waals surface area contributed by atoms with Gasteiger partial charge in [-0.3, -0.25) is 24.2 Å². The first-order valence-corrected chi connectivity index (χ1v) is 26.3. The number of carbonyl (C=O) groups excluding carboxylic acids is 1. The number of sulfonamides is 1. The predicted molar refractivity (Wildman–Crippen MR) is 253 cm³/mol. The molecule has 0 amide bonds. The molecule has 29 heteroatoms. The van der Waals surface area contributed by atoms with Crippen LogP contribution in [0.4, 0.5) is 27.6 Å². The van der Waals surface area contributed by atoms with Gasteiger partial charge in [0.25, 0.3) is 26.5 Å². The zero-order valence-electron chi connectivity index (χ0n) is 39.6. The Balaban J connectivity index is 0.000000319. The van der Waals surface area contributed by atoms with E-state index in [1.54, 1.807) is 24.6 Å². The highest BCUT2D eigenvalue weighted by Gasteiger charge is 2.35.